The largest absolute Gasteiger partial charge is 0.307 e. The molecule has 0 aliphatic heterocycles. The van der Waals surface area contributed by atoms with Crippen LogP contribution in [-0.4, -0.2) is 15.3 Å². The zero-order valence-corrected chi connectivity index (χ0v) is 13.3. The SMILES string of the molecule is Cc1cc(C)c(C#N)c(SCCn2c(C)csc2=O)n1. The first-order chi connectivity index (χ1) is 9.52. The number of rotatable bonds is 4. The summed E-state index contributed by atoms with van der Waals surface area (Å²) in [7, 11) is 0. The van der Waals surface area contributed by atoms with Crippen LogP contribution in [0.3, 0.4) is 0 Å². The van der Waals surface area contributed by atoms with Gasteiger partial charge in [0.05, 0.1) is 5.56 Å². The van der Waals surface area contributed by atoms with Crippen LogP contribution in [0.4, 0.5) is 0 Å². The molecule has 0 fully saturated rings. The Labute approximate surface area is 126 Å². The summed E-state index contributed by atoms with van der Waals surface area (Å²) in [4.78, 5) is 16.1. The lowest BCUT2D eigenvalue weighted by Gasteiger charge is -2.08. The Balaban J connectivity index is 2.12. The first-order valence-electron chi connectivity index (χ1n) is 6.19. The van der Waals surface area contributed by atoms with E-state index in [4.69, 9.17) is 0 Å². The van der Waals surface area contributed by atoms with Gasteiger partial charge in [0.15, 0.2) is 0 Å². The Morgan fingerprint density at radius 2 is 2.20 bits per heavy atom. The third kappa shape index (κ3) is 3.11. The molecule has 0 atom stereocenters. The molecule has 0 saturated heterocycles. The van der Waals surface area contributed by atoms with Crippen molar-refractivity contribution < 1.29 is 0 Å². The number of aromatic nitrogens is 2. The number of hydrogen-bond acceptors (Lipinski definition) is 5. The molecule has 2 heterocycles. The summed E-state index contributed by atoms with van der Waals surface area (Å²) in [5, 5.41) is 11.8. The maximum absolute atomic E-state index is 11.6. The summed E-state index contributed by atoms with van der Waals surface area (Å²) in [6, 6.07) is 4.12. The second-order valence-electron chi connectivity index (χ2n) is 4.52. The van der Waals surface area contributed by atoms with E-state index in [1.807, 2.05) is 32.2 Å². The van der Waals surface area contributed by atoms with Gasteiger partial charge in [0, 0.05) is 29.1 Å². The molecule has 0 amide bonds. The highest BCUT2D eigenvalue weighted by molar-refractivity contribution is 7.99. The van der Waals surface area contributed by atoms with Gasteiger partial charge in [-0.25, -0.2) is 4.98 Å². The summed E-state index contributed by atoms with van der Waals surface area (Å²) in [6.45, 7) is 6.41. The number of thiazole rings is 1. The molecule has 4 nitrogen and oxygen atoms in total. The van der Waals surface area contributed by atoms with Crippen molar-refractivity contribution in [1.29, 1.82) is 5.26 Å². The van der Waals surface area contributed by atoms with E-state index in [1.165, 1.54) is 23.1 Å². The lowest BCUT2D eigenvalue weighted by Crippen LogP contribution is -2.15. The number of pyridine rings is 1. The quantitative estimate of drug-likeness (QED) is 0.815. The summed E-state index contributed by atoms with van der Waals surface area (Å²) >= 11 is 2.75. The topological polar surface area (TPSA) is 58.7 Å². The molecule has 0 aliphatic carbocycles. The van der Waals surface area contributed by atoms with E-state index in [9.17, 15) is 10.1 Å². The van der Waals surface area contributed by atoms with Gasteiger partial charge in [-0.15, -0.1) is 11.8 Å². The number of nitrogens with zero attached hydrogens (tertiary/aromatic N) is 3. The van der Waals surface area contributed by atoms with Crippen molar-refractivity contribution >= 4 is 23.1 Å². The van der Waals surface area contributed by atoms with Crippen molar-refractivity contribution in [3.63, 3.8) is 0 Å². The van der Waals surface area contributed by atoms with Crippen LogP contribution in [0.5, 0.6) is 0 Å². The smallest absolute Gasteiger partial charge is 0.303 e. The molecule has 0 N–H and O–H groups in total. The molecular weight excluding hydrogens is 290 g/mol. The van der Waals surface area contributed by atoms with Gasteiger partial charge in [-0.1, -0.05) is 11.3 Å². The number of thioether (sulfide) groups is 1. The Morgan fingerprint density at radius 1 is 1.45 bits per heavy atom. The first-order valence-corrected chi connectivity index (χ1v) is 8.05. The molecule has 6 heteroatoms. The van der Waals surface area contributed by atoms with E-state index in [0.29, 0.717) is 12.1 Å². The molecule has 2 aromatic heterocycles. The van der Waals surface area contributed by atoms with E-state index in [2.05, 4.69) is 11.1 Å². The fraction of sp³-hybridized carbons (Fsp3) is 0.357. The average Bonchev–Trinajstić information content (AvgIpc) is 2.70. The van der Waals surface area contributed by atoms with Gasteiger partial charge in [0.2, 0.25) is 0 Å². The first kappa shape index (κ1) is 14.8. The van der Waals surface area contributed by atoms with Crippen molar-refractivity contribution in [2.45, 2.75) is 32.3 Å². The maximum atomic E-state index is 11.6. The van der Waals surface area contributed by atoms with Gasteiger partial charge in [-0.2, -0.15) is 5.26 Å². The van der Waals surface area contributed by atoms with Crippen LogP contribution in [0.1, 0.15) is 22.5 Å². The van der Waals surface area contributed by atoms with Crippen LogP contribution in [-0.2, 0) is 6.54 Å². The highest BCUT2D eigenvalue weighted by Crippen LogP contribution is 2.23. The second kappa shape index (κ2) is 6.25. The fourth-order valence-electron chi connectivity index (χ4n) is 1.95. The van der Waals surface area contributed by atoms with Crippen LogP contribution >= 0.6 is 23.1 Å². The Hall–Kier alpha value is -1.58. The zero-order chi connectivity index (χ0) is 14.7. The molecule has 2 rings (SSSR count). The number of aryl methyl sites for hydroxylation is 3. The predicted octanol–water partition coefficient (Wildman–Crippen LogP) is 2.89. The van der Waals surface area contributed by atoms with Gasteiger partial charge < -0.3 is 4.57 Å². The minimum Gasteiger partial charge on any atom is -0.303 e. The van der Waals surface area contributed by atoms with Crippen LogP contribution in [0.25, 0.3) is 0 Å². The van der Waals surface area contributed by atoms with Gasteiger partial charge in [0.1, 0.15) is 11.1 Å². The van der Waals surface area contributed by atoms with E-state index in [-0.39, 0.29) is 4.87 Å². The monoisotopic (exact) mass is 305 g/mol. The van der Waals surface area contributed by atoms with E-state index >= 15 is 0 Å². The third-order valence-electron chi connectivity index (χ3n) is 2.95. The van der Waals surface area contributed by atoms with Crippen LogP contribution < -0.4 is 4.87 Å². The molecular formula is C14H15N3OS2. The molecule has 0 radical (unpaired) electrons. The molecule has 0 aliphatic rings. The van der Waals surface area contributed by atoms with Crippen molar-refractivity contribution in [1.82, 2.24) is 9.55 Å². The number of nitriles is 1. The maximum Gasteiger partial charge on any atom is 0.307 e. The number of hydrogen-bond donors (Lipinski definition) is 0. The highest BCUT2D eigenvalue weighted by Gasteiger charge is 2.10. The van der Waals surface area contributed by atoms with Crippen molar-refractivity contribution in [3.8, 4) is 6.07 Å². The van der Waals surface area contributed by atoms with E-state index < -0.39 is 0 Å². The molecule has 0 unspecified atom stereocenters. The summed E-state index contributed by atoms with van der Waals surface area (Å²) in [6.07, 6.45) is 0. The summed E-state index contributed by atoms with van der Waals surface area (Å²) in [5.74, 6) is 0.724. The Kier molecular flexibility index (Phi) is 4.63. The molecule has 0 aromatic carbocycles. The average molecular weight is 305 g/mol. The minimum atomic E-state index is 0.0667. The lowest BCUT2D eigenvalue weighted by atomic mass is 10.1. The van der Waals surface area contributed by atoms with Gasteiger partial charge in [0.25, 0.3) is 0 Å². The van der Waals surface area contributed by atoms with Crippen molar-refractivity contribution in [2.75, 3.05) is 5.75 Å². The van der Waals surface area contributed by atoms with Crippen LogP contribution in [0.15, 0.2) is 21.3 Å². The molecule has 104 valence electrons. The minimum absolute atomic E-state index is 0.0667. The summed E-state index contributed by atoms with van der Waals surface area (Å²) in [5.41, 5.74) is 3.48. The van der Waals surface area contributed by atoms with E-state index in [1.54, 1.807) is 4.57 Å². The van der Waals surface area contributed by atoms with Gasteiger partial charge >= 0.3 is 4.87 Å². The van der Waals surface area contributed by atoms with Gasteiger partial charge in [-0.3, -0.25) is 4.79 Å². The Bertz CT molecular complexity index is 725. The van der Waals surface area contributed by atoms with Crippen LogP contribution in [0.2, 0.25) is 0 Å². The van der Waals surface area contributed by atoms with E-state index in [0.717, 1.165) is 27.7 Å². The molecule has 20 heavy (non-hydrogen) atoms. The molecule has 0 saturated carbocycles. The highest BCUT2D eigenvalue weighted by atomic mass is 32.2. The normalized spacial score (nSPS) is 10.5. The molecule has 0 bridgehead atoms. The standard InChI is InChI=1S/C14H15N3OS2/c1-9-6-10(2)16-13(12(9)7-15)19-5-4-17-11(3)8-20-14(17)18/h6,8H,4-5H2,1-3H3. The fourth-order valence-corrected chi connectivity index (χ4v) is 3.74. The van der Waals surface area contributed by atoms with Crippen molar-refractivity contribution in [3.05, 3.63) is 43.6 Å². The van der Waals surface area contributed by atoms with Gasteiger partial charge in [-0.05, 0) is 32.4 Å². The van der Waals surface area contributed by atoms with Crippen LogP contribution in [0, 0.1) is 32.1 Å². The molecule has 2 aromatic rings. The lowest BCUT2D eigenvalue weighted by molar-refractivity contribution is 0.730. The third-order valence-corrected chi connectivity index (χ3v) is 4.79. The second-order valence-corrected chi connectivity index (χ2v) is 6.42. The van der Waals surface area contributed by atoms with Crippen molar-refractivity contribution in [2.24, 2.45) is 0 Å². The molecule has 0 spiro atoms. The zero-order valence-electron chi connectivity index (χ0n) is 11.6. The Morgan fingerprint density at radius 3 is 2.80 bits per heavy atom. The summed E-state index contributed by atoms with van der Waals surface area (Å²) < 4.78 is 1.76. The predicted molar refractivity (Wildman–Crippen MR) is 82.5 cm³/mol.